The van der Waals surface area contributed by atoms with E-state index in [1.165, 1.54) is 0 Å². The van der Waals surface area contributed by atoms with Crippen molar-refractivity contribution < 1.29 is 14.2 Å². The second kappa shape index (κ2) is 6.64. The summed E-state index contributed by atoms with van der Waals surface area (Å²) < 4.78 is 18.6. The molecular weight excluding hydrogens is 423 g/mol. The molecule has 3 aliphatic rings. The lowest BCUT2D eigenvalue weighted by atomic mass is 10.0. The molecule has 3 aliphatic heterocycles. The summed E-state index contributed by atoms with van der Waals surface area (Å²) in [6.45, 7) is 2.08. The van der Waals surface area contributed by atoms with Gasteiger partial charge in [-0.3, -0.25) is 0 Å². The van der Waals surface area contributed by atoms with Gasteiger partial charge in [-0.1, -0.05) is 31.9 Å². The zero-order valence-electron chi connectivity index (χ0n) is 11.8. The number of rotatable bonds is 1. The van der Waals surface area contributed by atoms with Crippen LogP contribution in [0.4, 0.5) is 0 Å². The standard InChI is InChI=1S/C15H19Br2ClO3/c1-9-14(17)12-4-5-15(20-12)8-11(18)13(21-15)7-10(19-9)3-2-6-16/h3,6,9-14H,4-5,7-8H2,1H3. The van der Waals surface area contributed by atoms with E-state index in [-0.39, 0.29) is 34.6 Å². The highest BCUT2D eigenvalue weighted by molar-refractivity contribution is 9.11. The maximum absolute atomic E-state index is 6.50. The molecule has 7 atom stereocenters. The van der Waals surface area contributed by atoms with Crippen LogP contribution in [-0.4, -0.2) is 40.4 Å². The lowest BCUT2D eigenvalue weighted by Crippen LogP contribution is -2.40. The fourth-order valence-electron chi connectivity index (χ4n) is 3.43. The zero-order valence-corrected chi connectivity index (χ0v) is 15.7. The van der Waals surface area contributed by atoms with E-state index in [0.29, 0.717) is 0 Å². The molecule has 1 spiro atoms. The Morgan fingerprint density at radius 3 is 2.86 bits per heavy atom. The van der Waals surface area contributed by atoms with Crippen LogP contribution in [0.3, 0.4) is 0 Å². The molecule has 3 rings (SSSR count). The number of halogens is 3. The van der Waals surface area contributed by atoms with Crippen LogP contribution in [0.2, 0.25) is 0 Å². The van der Waals surface area contributed by atoms with Crippen LogP contribution in [0.1, 0.15) is 32.6 Å². The summed E-state index contributed by atoms with van der Waals surface area (Å²) in [5, 5.41) is -0.0293. The van der Waals surface area contributed by atoms with E-state index < -0.39 is 5.79 Å². The van der Waals surface area contributed by atoms with Gasteiger partial charge in [0.1, 0.15) is 0 Å². The van der Waals surface area contributed by atoms with Crippen LogP contribution >= 0.6 is 43.5 Å². The normalized spacial score (nSPS) is 49.5. The van der Waals surface area contributed by atoms with Crippen molar-refractivity contribution in [2.24, 2.45) is 0 Å². The lowest BCUT2D eigenvalue weighted by molar-refractivity contribution is -0.227. The molecule has 0 radical (unpaired) electrons. The summed E-state index contributed by atoms with van der Waals surface area (Å²) in [5.74, 6) is -0.482. The highest BCUT2D eigenvalue weighted by Crippen LogP contribution is 2.47. The molecule has 3 nitrogen and oxygen atoms in total. The molecule has 0 aromatic rings. The minimum atomic E-state index is -0.482. The maximum atomic E-state index is 6.50. The Kier molecular flexibility index (Phi) is 5.22. The van der Waals surface area contributed by atoms with Gasteiger partial charge in [-0.25, -0.2) is 0 Å². The second-order valence-corrected chi connectivity index (χ2v) is 8.06. The van der Waals surface area contributed by atoms with Crippen LogP contribution in [0.15, 0.2) is 16.8 Å². The third-order valence-electron chi connectivity index (χ3n) is 4.45. The van der Waals surface area contributed by atoms with Crippen molar-refractivity contribution in [1.82, 2.24) is 0 Å². The van der Waals surface area contributed by atoms with Gasteiger partial charge >= 0.3 is 0 Å². The monoisotopic (exact) mass is 440 g/mol. The predicted octanol–water partition coefficient (Wildman–Crippen LogP) is 4.26. The Bertz CT molecular complexity index is 454. The van der Waals surface area contributed by atoms with Crippen molar-refractivity contribution in [3.05, 3.63) is 16.8 Å². The van der Waals surface area contributed by atoms with Gasteiger partial charge in [-0.15, -0.1) is 17.3 Å². The van der Waals surface area contributed by atoms with Crippen molar-refractivity contribution in [2.75, 3.05) is 0 Å². The molecule has 0 aromatic carbocycles. The molecule has 7 unspecified atom stereocenters. The summed E-state index contributed by atoms with van der Waals surface area (Å²) in [6.07, 6.45) is 5.35. The summed E-state index contributed by atoms with van der Waals surface area (Å²) >= 11 is 13.5. The van der Waals surface area contributed by atoms with E-state index in [1.807, 2.05) is 6.08 Å². The second-order valence-electron chi connectivity index (χ2n) is 5.98. The molecule has 3 bridgehead atoms. The van der Waals surface area contributed by atoms with Gasteiger partial charge in [0, 0.05) is 24.2 Å². The maximum Gasteiger partial charge on any atom is 0.170 e. The van der Waals surface area contributed by atoms with Crippen LogP contribution in [0.5, 0.6) is 0 Å². The Balaban J connectivity index is 1.86. The summed E-state index contributed by atoms with van der Waals surface area (Å²) in [5.41, 5.74) is 3.04. The first-order valence-corrected chi connectivity index (χ1v) is 9.60. The quantitative estimate of drug-likeness (QED) is 0.449. The van der Waals surface area contributed by atoms with E-state index >= 15 is 0 Å². The molecule has 0 saturated carbocycles. The van der Waals surface area contributed by atoms with Crippen molar-refractivity contribution >= 4 is 43.5 Å². The van der Waals surface area contributed by atoms with Gasteiger partial charge in [0.15, 0.2) is 5.79 Å². The molecule has 118 valence electrons. The highest BCUT2D eigenvalue weighted by Gasteiger charge is 2.53. The Morgan fingerprint density at radius 2 is 2.10 bits per heavy atom. The third kappa shape index (κ3) is 3.45. The molecule has 3 heterocycles. The van der Waals surface area contributed by atoms with Crippen molar-refractivity contribution in [3.8, 4) is 0 Å². The molecule has 0 N–H and O–H groups in total. The first-order chi connectivity index (χ1) is 10.0. The van der Waals surface area contributed by atoms with Crippen LogP contribution < -0.4 is 0 Å². The first-order valence-electron chi connectivity index (χ1n) is 7.33. The molecule has 0 aliphatic carbocycles. The van der Waals surface area contributed by atoms with E-state index in [9.17, 15) is 0 Å². The average molecular weight is 443 g/mol. The topological polar surface area (TPSA) is 27.7 Å². The zero-order chi connectivity index (χ0) is 15.0. The minimum absolute atomic E-state index is 0.0293. The minimum Gasteiger partial charge on any atom is -0.369 e. The van der Waals surface area contributed by atoms with Gasteiger partial charge in [-0.2, -0.15) is 0 Å². The van der Waals surface area contributed by atoms with Gasteiger partial charge in [0.25, 0.3) is 0 Å². The number of hydrogen-bond donors (Lipinski definition) is 0. The van der Waals surface area contributed by atoms with Gasteiger partial charge in [0.2, 0.25) is 0 Å². The Labute approximate surface area is 147 Å². The number of alkyl halides is 2. The number of hydrogen-bond acceptors (Lipinski definition) is 3. The third-order valence-corrected chi connectivity index (χ3v) is 6.49. The van der Waals surface area contributed by atoms with Crippen LogP contribution in [0, 0.1) is 0 Å². The Morgan fingerprint density at radius 1 is 1.33 bits per heavy atom. The first kappa shape index (κ1) is 16.5. The fraction of sp³-hybridized carbons (Fsp3) is 0.800. The molecule has 6 heteroatoms. The highest BCUT2D eigenvalue weighted by atomic mass is 79.9. The van der Waals surface area contributed by atoms with Crippen molar-refractivity contribution in [1.29, 1.82) is 0 Å². The SMILES string of the molecule is CC1OC(C=C=CBr)CC2OC3(CCC(O3)C1Br)CC2Cl. The van der Waals surface area contributed by atoms with Crippen molar-refractivity contribution in [3.63, 3.8) is 0 Å². The largest absolute Gasteiger partial charge is 0.369 e. The molecule has 3 fully saturated rings. The molecule has 3 saturated heterocycles. The van der Waals surface area contributed by atoms with Crippen LogP contribution in [-0.2, 0) is 14.2 Å². The summed E-state index contributed by atoms with van der Waals surface area (Å²) in [4.78, 5) is 1.85. The fourth-order valence-corrected chi connectivity index (χ4v) is 4.47. The summed E-state index contributed by atoms with van der Waals surface area (Å²) in [7, 11) is 0. The number of fused-ring (bicyclic) bond motifs is 2. The Hall–Kier alpha value is 0.650. The molecule has 0 amide bonds. The van der Waals surface area contributed by atoms with Gasteiger partial charge < -0.3 is 14.2 Å². The van der Waals surface area contributed by atoms with Crippen LogP contribution in [0.25, 0.3) is 0 Å². The van der Waals surface area contributed by atoms with E-state index in [2.05, 4.69) is 44.5 Å². The average Bonchev–Trinajstić information content (AvgIpc) is 2.98. The van der Waals surface area contributed by atoms with Crippen molar-refractivity contribution in [2.45, 2.75) is 73.0 Å². The number of ether oxygens (including phenoxy) is 3. The summed E-state index contributed by atoms with van der Waals surface area (Å²) in [6, 6.07) is 0. The van der Waals surface area contributed by atoms with Gasteiger partial charge in [-0.05, 0) is 19.4 Å². The predicted molar refractivity (Wildman–Crippen MR) is 89.2 cm³/mol. The van der Waals surface area contributed by atoms with E-state index in [1.54, 1.807) is 4.99 Å². The van der Waals surface area contributed by atoms with E-state index in [0.717, 1.165) is 25.7 Å². The molecule has 21 heavy (non-hydrogen) atoms. The van der Waals surface area contributed by atoms with E-state index in [4.69, 9.17) is 25.8 Å². The molecule has 0 aromatic heterocycles. The smallest absolute Gasteiger partial charge is 0.170 e. The van der Waals surface area contributed by atoms with Gasteiger partial charge in [0.05, 0.1) is 34.6 Å². The molecular formula is C15H19Br2ClO3. The lowest BCUT2D eigenvalue weighted by Gasteiger charge is -2.32.